The molecule has 0 fully saturated rings. The Bertz CT molecular complexity index is 399. The highest BCUT2D eigenvalue weighted by atomic mass is 32.2. The highest BCUT2D eigenvalue weighted by Gasteiger charge is 2.17. The monoisotopic (exact) mass is 217 g/mol. The lowest BCUT2D eigenvalue weighted by Crippen LogP contribution is -2.22. The van der Waals surface area contributed by atoms with Gasteiger partial charge in [0.05, 0.1) is 12.4 Å². The minimum absolute atomic E-state index is 0.0292. The van der Waals surface area contributed by atoms with E-state index in [-0.39, 0.29) is 10.8 Å². The Hall–Kier alpha value is -1.25. The summed E-state index contributed by atoms with van der Waals surface area (Å²) in [4.78, 5) is 7.41. The van der Waals surface area contributed by atoms with Gasteiger partial charge < -0.3 is 0 Å². The minimum Gasteiger partial charge on any atom is -0.292 e. The number of rotatable bonds is 3. The highest BCUT2D eigenvalue weighted by molar-refractivity contribution is 7.89. The van der Waals surface area contributed by atoms with Crippen LogP contribution in [0.15, 0.2) is 17.3 Å². The third-order valence-corrected chi connectivity index (χ3v) is 3.30. The third kappa shape index (κ3) is 1.97. The molecule has 0 aliphatic carbocycles. The number of anilines is 1. The van der Waals surface area contributed by atoms with Crippen molar-refractivity contribution >= 4 is 16.0 Å². The lowest BCUT2D eigenvalue weighted by Gasteiger charge is -2.10. The maximum Gasteiger partial charge on any atom is 0.245 e. The van der Waals surface area contributed by atoms with Crippen molar-refractivity contribution < 1.29 is 8.42 Å². The normalized spacial score (nSPS) is 11.7. The van der Waals surface area contributed by atoms with E-state index in [1.807, 2.05) is 0 Å². The largest absolute Gasteiger partial charge is 0.292 e. The molecule has 0 spiro atoms. The molecule has 0 amide bonds. The summed E-state index contributed by atoms with van der Waals surface area (Å²) in [6.07, 6.45) is 2.38. The topological polar surface area (TPSA) is 101 Å². The molecule has 0 aliphatic heterocycles. The molecule has 1 aromatic heterocycles. The van der Waals surface area contributed by atoms with Crippen molar-refractivity contribution in [3.63, 3.8) is 0 Å². The number of nitrogens with two attached hydrogens (primary N) is 1. The quantitative estimate of drug-likeness (QED) is 0.498. The zero-order chi connectivity index (χ0) is 10.8. The first-order chi connectivity index (χ1) is 6.48. The molecule has 0 aliphatic rings. The molecule has 3 N–H and O–H groups in total. The van der Waals surface area contributed by atoms with Crippen LogP contribution in [0.1, 0.15) is 0 Å². The predicted octanol–water partition coefficient (Wildman–Crippen LogP) is -0.987. The van der Waals surface area contributed by atoms with Gasteiger partial charge in [-0.05, 0) is 0 Å². The van der Waals surface area contributed by atoms with Gasteiger partial charge in [0.25, 0.3) is 0 Å². The maximum absolute atomic E-state index is 11.5. The first-order valence-electron chi connectivity index (χ1n) is 3.69. The van der Waals surface area contributed by atoms with Gasteiger partial charge in [0.1, 0.15) is 4.90 Å². The second kappa shape index (κ2) is 3.86. The van der Waals surface area contributed by atoms with Crippen LogP contribution in [0.2, 0.25) is 0 Å². The molecule has 8 heteroatoms. The summed E-state index contributed by atoms with van der Waals surface area (Å²) in [6.45, 7) is 0. The van der Waals surface area contributed by atoms with Gasteiger partial charge in [-0.2, -0.15) is 0 Å². The van der Waals surface area contributed by atoms with Gasteiger partial charge in [-0.1, -0.05) is 0 Å². The standard InChI is InChI=1S/C6H11N5O2S/c1-11(2)14(12,13)5-3-8-6(10-7)9-4-5/h3-4H,7H2,1-2H3,(H,8,9,10). The number of nitrogen functional groups attached to an aromatic ring is 1. The summed E-state index contributed by atoms with van der Waals surface area (Å²) < 4.78 is 24.1. The number of hydrogen-bond acceptors (Lipinski definition) is 6. The van der Waals surface area contributed by atoms with Crippen LogP contribution in [-0.4, -0.2) is 36.8 Å². The molecular weight excluding hydrogens is 206 g/mol. The van der Waals surface area contributed by atoms with Gasteiger partial charge >= 0.3 is 0 Å². The van der Waals surface area contributed by atoms with Gasteiger partial charge in [0.2, 0.25) is 16.0 Å². The van der Waals surface area contributed by atoms with E-state index in [4.69, 9.17) is 5.84 Å². The van der Waals surface area contributed by atoms with E-state index in [0.717, 1.165) is 4.31 Å². The van der Waals surface area contributed by atoms with Crippen LogP contribution >= 0.6 is 0 Å². The van der Waals surface area contributed by atoms with Gasteiger partial charge in [-0.25, -0.2) is 28.5 Å². The number of hydrogen-bond donors (Lipinski definition) is 2. The second-order valence-electron chi connectivity index (χ2n) is 2.67. The molecule has 0 unspecified atom stereocenters. The molecule has 0 saturated carbocycles. The smallest absolute Gasteiger partial charge is 0.245 e. The average molecular weight is 217 g/mol. The molecule has 1 aromatic rings. The van der Waals surface area contributed by atoms with Crippen molar-refractivity contribution in [3.8, 4) is 0 Å². The van der Waals surface area contributed by atoms with Crippen molar-refractivity contribution in [1.29, 1.82) is 0 Å². The Labute approximate surface area is 82.0 Å². The molecular formula is C6H11N5O2S. The average Bonchev–Trinajstić information content (AvgIpc) is 2.17. The fraction of sp³-hybridized carbons (Fsp3) is 0.333. The molecule has 1 rings (SSSR count). The van der Waals surface area contributed by atoms with E-state index in [0.29, 0.717) is 0 Å². The lowest BCUT2D eigenvalue weighted by atomic mass is 10.7. The van der Waals surface area contributed by atoms with Crippen molar-refractivity contribution in [3.05, 3.63) is 12.4 Å². The molecule has 0 atom stereocenters. The van der Waals surface area contributed by atoms with Crippen LogP contribution in [0.4, 0.5) is 5.95 Å². The Morgan fingerprint density at radius 2 is 1.86 bits per heavy atom. The molecule has 0 bridgehead atoms. The number of aromatic nitrogens is 2. The SMILES string of the molecule is CN(C)S(=O)(=O)c1cnc(NN)nc1. The lowest BCUT2D eigenvalue weighted by molar-refractivity contribution is 0.520. The third-order valence-electron chi connectivity index (χ3n) is 1.54. The van der Waals surface area contributed by atoms with Gasteiger partial charge in [-0.15, -0.1) is 0 Å². The zero-order valence-electron chi connectivity index (χ0n) is 7.80. The molecule has 0 saturated heterocycles. The van der Waals surface area contributed by atoms with Crippen LogP contribution in [-0.2, 0) is 10.0 Å². The highest BCUT2D eigenvalue weighted by Crippen LogP contribution is 2.10. The summed E-state index contributed by atoms with van der Waals surface area (Å²) in [6, 6.07) is 0. The summed E-state index contributed by atoms with van der Waals surface area (Å²) in [7, 11) is -0.592. The van der Waals surface area contributed by atoms with Crippen molar-refractivity contribution in [2.75, 3.05) is 19.5 Å². The second-order valence-corrected chi connectivity index (χ2v) is 4.83. The first-order valence-corrected chi connectivity index (χ1v) is 5.13. The zero-order valence-corrected chi connectivity index (χ0v) is 8.61. The molecule has 0 radical (unpaired) electrons. The van der Waals surface area contributed by atoms with Crippen LogP contribution in [0.25, 0.3) is 0 Å². The van der Waals surface area contributed by atoms with Crippen molar-refractivity contribution in [1.82, 2.24) is 14.3 Å². The minimum atomic E-state index is -3.46. The predicted molar refractivity (Wildman–Crippen MR) is 50.7 cm³/mol. The summed E-state index contributed by atoms with van der Waals surface area (Å²) in [5.74, 6) is 5.20. The molecule has 0 aromatic carbocycles. The van der Waals surface area contributed by atoms with E-state index < -0.39 is 10.0 Å². The Morgan fingerprint density at radius 1 is 1.36 bits per heavy atom. The molecule has 7 nitrogen and oxygen atoms in total. The van der Waals surface area contributed by atoms with E-state index in [2.05, 4.69) is 15.4 Å². The summed E-state index contributed by atoms with van der Waals surface area (Å²) >= 11 is 0. The summed E-state index contributed by atoms with van der Waals surface area (Å²) in [5.41, 5.74) is 2.20. The van der Waals surface area contributed by atoms with E-state index in [1.54, 1.807) is 0 Å². The van der Waals surface area contributed by atoms with Crippen LogP contribution in [0.3, 0.4) is 0 Å². The first kappa shape index (κ1) is 10.8. The van der Waals surface area contributed by atoms with Crippen molar-refractivity contribution in [2.45, 2.75) is 4.90 Å². The number of nitrogens with one attached hydrogen (secondary N) is 1. The fourth-order valence-electron chi connectivity index (χ4n) is 0.735. The van der Waals surface area contributed by atoms with Gasteiger partial charge in [0, 0.05) is 14.1 Å². The van der Waals surface area contributed by atoms with Crippen molar-refractivity contribution in [2.24, 2.45) is 5.84 Å². The van der Waals surface area contributed by atoms with E-state index in [1.165, 1.54) is 26.5 Å². The van der Waals surface area contributed by atoms with Crippen LogP contribution in [0.5, 0.6) is 0 Å². The Balaban J connectivity index is 3.10. The van der Waals surface area contributed by atoms with Gasteiger partial charge in [0.15, 0.2) is 0 Å². The number of nitrogens with zero attached hydrogens (tertiary/aromatic N) is 3. The Kier molecular flexibility index (Phi) is 2.99. The molecule has 78 valence electrons. The van der Waals surface area contributed by atoms with E-state index in [9.17, 15) is 8.42 Å². The molecule has 1 heterocycles. The maximum atomic E-state index is 11.5. The molecule has 14 heavy (non-hydrogen) atoms. The number of hydrazine groups is 1. The van der Waals surface area contributed by atoms with Gasteiger partial charge in [-0.3, -0.25) is 5.43 Å². The van der Waals surface area contributed by atoms with Crippen LogP contribution < -0.4 is 11.3 Å². The van der Waals surface area contributed by atoms with Crippen LogP contribution in [0, 0.1) is 0 Å². The fourth-order valence-corrected chi connectivity index (χ4v) is 1.53. The Morgan fingerprint density at radius 3 is 2.21 bits per heavy atom. The van der Waals surface area contributed by atoms with E-state index >= 15 is 0 Å². The summed E-state index contributed by atoms with van der Waals surface area (Å²) in [5, 5.41) is 0. The number of sulfonamides is 1.